The Morgan fingerprint density at radius 1 is 1.80 bits per heavy atom. The van der Waals surface area contributed by atoms with Gasteiger partial charge < -0.3 is 4.74 Å². The van der Waals surface area contributed by atoms with Crippen molar-refractivity contribution in [3.63, 3.8) is 0 Å². The zero-order chi connectivity index (χ0) is 10.8. The summed E-state index contributed by atoms with van der Waals surface area (Å²) < 4.78 is 4.55. The fraction of sp³-hybridized carbons (Fsp3) is 0.500. The fourth-order valence-electron chi connectivity index (χ4n) is 1.51. The Morgan fingerprint density at radius 2 is 2.60 bits per heavy atom. The molecule has 0 radical (unpaired) electrons. The van der Waals surface area contributed by atoms with Crippen molar-refractivity contribution < 1.29 is 14.3 Å². The van der Waals surface area contributed by atoms with Crippen molar-refractivity contribution in [3.8, 4) is 0 Å². The number of ketones is 1. The molecule has 1 aliphatic heterocycles. The average Bonchev–Trinajstić information content (AvgIpc) is 2.74. The Bertz CT molecular complexity index is 375. The first-order valence-electron chi connectivity index (χ1n) is 4.44. The van der Waals surface area contributed by atoms with Gasteiger partial charge in [-0.1, -0.05) is 5.21 Å². The van der Waals surface area contributed by atoms with Gasteiger partial charge in [0.1, 0.15) is 6.04 Å². The van der Waals surface area contributed by atoms with E-state index in [1.54, 1.807) is 0 Å². The number of amides is 1. The summed E-state index contributed by atoms with van der Waals surface area (Å²) in [5, 5.41) is 9.77. The van der Waals surface area contributed by atoms with Gasteiger partial charge in [-0.3, -0.25) is 14.8 Å². The molecule has 0 unspecified atom stereocenters. The third kappa shape index (κ3) is 1.67. The van der Waals surface area contributed by atoms with E-state index in [1.165, 1.54) is 18.2 Å². The summed E-state index contributed by atoms with van der Waals surface area (Å²) in [4.78, 5) is 23.9. The van der Waals surface area contributed by atoms with Crippen LogP contribution in [-0.2, 0) is 16.0 Å². The first-order chi connectivity index (χ1) is 7.22. The highest BCUT2D eigenvalue weighted by molar-refractivity contribution is 5.97. The van der Waals surface area contributed by atoms with Crippen LogP contribution in [0.15, 0.2) is 6.20 Å². The quantitative estimate of drug-likeness (QED) is 0.701. The lowest BCUT2D eigenvalue weighted by Gasteiger charge is -2.37. The van der Waals surface area contributed by atoms with Crippen LogP contribution in [0.2, 0.25) is 0 Å². The summed E-state index contributed by atoms with van der Waals surface area (Å²) in [5.74, 6) is 0.0231. The van der Waals surface area contributed by atoms with E-state index < -0.39 is 12.1 Å². The van der Waals surface area contributed by atoms with Gasteiger partial charge in [-0.2, -0.15) is 0 Å². The molecule has 1 atom stereocenters. The highest BCUT2D eigenvalue weighted by atomic mass is 16.5. The normalized spacial score (nSPS) is 19.9. The predicted molar refractivity (Wildman–Crippen MR) is 48.0 cm³/mol. The van der Waals surface area contributed by atoms with Crippen LogP contribution in [0.3, 0.4) is 0 Å². The number of rotatable bonds is 2. The number of methoxy groups -OCH3 is 1. The van der Waals surface area contributed by atoms with Crippen LogP contribution in [0.5, 0.6) is 0 Å². The Labute approximate surface area is 85.4 Å². The second kappa shape index (κ2) is 3.68. The number of aromatic nitrogens is 3. The van der Waals surface area contributed by atoms with Crippen LogP contribution in [-0.4, -0.2) is 51.9 Å². The summed E-state index contributed by atoms with van der Waals surface area (Å²) in [6, 6.07) is -0.445. The highest BCUT2D eigenvalue weighted by Crippen LogP contribution is 2.18. The molecular formula is C8H10N4O3. The van der Waals surface area contributed by atoms with Crippen molar-refractivity contribution in [1.82, 2.24) is 20.3 Å². The van der Waals surface area contributed by atoms with Crippen LogP contribution < -0.4 is 0 Å². The molecule has 1 saturated heterocycles. The van der Waals surface area contributed by atoms with E-state index in [0.717, 1.165) is 5.69 Å². The summed E-state index contributed by atoms with van der Waals surface area (Å²) in [6.45, 7) is 0.124. The third-order valence-electron chi connectivity index (χ3n) is 2.36. The van der Waals surface area contributed by atoms with Crippen molar-refractivity contribution >= 4 is 11.9 Å². The summed E-state index contributed by atoms with van der Waals surface area (Å²) in [7, 11) is 1.29. The number of hydrogen-bond donors (Lipinski definition) is 1. The number of hydrogen-bond acceptors (Lipinski definition) is 5. The van der Waals surface area contributed by atoms with E-state index in [0.29, 0.717) is 6.42 Å². The molecule has 7 nitrogen and oxygen atoms in total. The number of carbonyl (C=O) groups is 2. The Hall–Kier alpha value is -1.92. The van der Waals surface area contributed by atoms with Crippen molar-refractivity contribution in [2.24, 2.45) is 0 Å². The predicted octanol–water partition coefficient (Wildman–Crippen LogP) is -0.633. The lowest BCUT2D eigenvalue weighted by atomic mass is 9.97. The lowest BCUT2D eigenvalue weighted by molar-refractivity contribution is -0.134. The van der Waals surface area contributed by atoms with Gasteiger partial charge in [-0.15, -0.1) is 5.10 Å². The molecule has 0 saturated carbocycles. The first-order valence-corrected chi connectivity index (χ1v) is 4.44. The summed E-state index contributed by atoms with van der Waals surface area (Å²) in [6.07, 6.45) is 1.45. The topological polar surface area (TPSA) is 88.2 Å². The van der Waals surface area contributed by atoms with E-state index in [4.69, 9.17) is 0 Å². The SMILES string of the molecule is COC(=O)N1CC(=O)[C@@H]1Cc1cnn[nH]1. The number of ether oxygens (including phenoxy) is 1. The molecule has 1 fully saturated rings. The number of nitrogens with zero attached hydrogens (tertiary/aromatic N) is 3. The molecular weight excluding hydrogens is 200 g/mol. The van der Waals surface area contributed by atoms with E-state index >= 15 is 0 Å². The van der Waals surface area contributed by atoms with Gasteiger partial charge in [0.25, 0.3) is 0 Å². The molecule has 2 rings (SSSR count). The lowest BCUT2D eigenvalue weighted by Crippen LogP contribution is -2.60. The smallest absolute Gasteiger partial charge is 0.410 e. The van der Waals surface area contributed by atoms with Gasteiger partial charge in [0.2, 0.25) is 0 Å². The molecule has 0 aliphatic carbocycles. The van der Waals surface area contributed by atoms with Crippen molar-refractivity contribution in [2.75, 3.05) is 13.7 Å². The van der Waals surface area contributed by atoms with Gasteiger partial charge in [0.15, 0.2) is 5.78 Å². The Kier molecular flexibility index (Phi) is 2.36. The number of aromatic amines is 1. The molecule has 0 bridgehead atoms. The standard InChI is InChI=1S/C8H10N4O3/c1-15-8(14)12-4-7(13)6(12)2-5-3-9-11-10-5/h3,6H,2,4H2,1H3,(H,9,10,11)/t6-/m0/s1. The first kappa shape index (κ1) is 9.63. The molecule has 0 spiro atoms. The van der Waals surface area contributed by atoms with Crippen LogP contribution >= 0.6 is 0 Å². The third-order valence-corrected chi connectivity index (χ3v) is 2.36. The minimum absolute atomic E-state index is 0.0231. The number of likely N-dealkylation sites (tertiary alicyclic amines) is 1. The number of nitrogens with one attached hydrogen (secondary N) is 1. The number of carbonyl (C=O) groups excluding carboxylic acids is 2. The number of H-pyrrole nitrogens is 1. The van der Waals surface area contributed by atoms with Crippen LogP contribution in [0.25, 0.3) is 0 Å². The minimum atomic E-state index is -0.480. The Balaban J connectivity index is 2.01. The molecule has 1 aromatic rings. The van der Waals surface area contributed by atoms with E-state index in [2.05, 4.69) is 20.1 Å². The van der Waals surface area contributed by atoms with Crippen LogP contribution in [0, 0.1) is 0 Å². The van der Waals surface area contributed by atoms with E-state index in [-0.39, 0.29) is 12.3 Å². The maximum absolute atomic E-state index is 11.3. The molecule has 7 heteroatoms. The van der Waals surface area contributed by atoms with Gasteiger partial charge in [-0.05, 0) is 0 Å². The zero-order valence-corrected chi connectivity index (χ0v) is 8.14. The zero-order valence-electron chi connectivity index (χ0n) is 8.14. The largest absolute Gasteiger partial charge is 0.453 e. The van der Waals surface area contributed by atoms with Gasteiger partial charge in [0.05, 0.1) is 25.5 Å². The van der Waals surface area contributed by atoms with Gasteiger partial charge in [-0.25, -0.2) is 4.79 Å². The van der Waals surface area contributed by atoms with Crippen LogP contribution in [0.4, 0.5) is 4.79 Å². The fourth-order valence-corrected chi connectivity index (χ4v) is 1.51. The molecule has 1 aromatic heterocycles. The van der Waals surface area contributed by atoms with Crippen molar-refractivity contribution in [1.29, 1.82) is 0 Å². The summed E-state index contributed by atoms with van der Waals surface area (Å²) in [5.41, 5.74) is 0.724. The maximum Gasteiger partial charge on any atom is 0.410 e. The van der Waals surface area contributed by atoms with E-state index in [9.17, 15) is 9.59 Å². The second-order valence-electron chi connectivity index (χ2n) is 3.27. The minimum Gasteiger partial charge on any atom is -0.453 e. The molecule has 15 heavy (non-hydrogen) atoms. The highest BCUT2D eigenvalue weighted by Gasteiger charge is 2.41. The van der Waals surface area contributed by atoms with Gasteiger partial charge >= 0.3 is 6.09 Å². The molecule has 1 N–H and O–H groups in total. The van der Waals surface area contributed by atoms with Crippen molar-refractivity contribution in [2.45, 2.75) is 12.5 Å². The number of Topliss-reactive ketones (excluding diaryl/α,β-unsaturated/α-hetero) is 1. The molecule has 1 amide bonds. The molecule has 1 aliphatic rings. The molecule has 0 aromatic carbocycles. The summed E-state index contributed by atoms with van der Waals surface area (Å²) >= 11 is 0. The maximum atomic E-state index is 11.3. The second-order valence-corrected chi connectivity index (χ2v) is 3.27. The van der Waals surface area contributed by atoms with Gasteiger partial charge in [0, 0.05) is 6.42 Å². The van der Waals surface area contributed by atoms with Crippen LogP contribution in [0.1, 0.15) is 5.69 Å². The monoisotopic (exact) mass is 210 g/mol. The molecule has 2 heterocycles. The average molecular weight is 210 g/mol. The van der Waals surface area contributed by atoms with E-state index in [1.807, 2.05) is 0 Å². The van der Waals surface area contributed by atoms with Crippen molar-refractivity contribution in [3.05, 3.63) is 11.9 Å². The molecule has 80 valence electrons. The Morgan fingerprint density at radius 3 is 3.13 bits per heavy atom.